The largest absolute Gasteiger partial charge is 0.490 e. The van der Waals surface area contributed by atoms with Crippen LogP contribution in [-0.4, -0.2) is 57.2 Å². The number of amides is 1. The summed E-state index contributed by atoms with van der Waals surface area (Å²) in [4.78, 5) is 17.6. The molecule has 168 valence electrons. The molecule has 0 bridgehead atoms. The van der Waals surface area contributed by atoms with Crippen LogP contribution in [0.4, 0.5) is 11.4 Å². The van der Waals surface area contributed by atoms with E-state index in [0.29, 0.717) is 35.3 Å². The van der Waals surface area contributed by atoms with Crippen LogP contribution in [0, 0.1) is 6.92 Å². The number of likely N-dealkylation sites (N-methyl/N-ethyl adjacent to an activating group) is 1. The molecule has 0 atom stereocenters. The van der Waals surface area contributed by atoms with Crippen molar-refractivity contribution in [3.63, 3.8) is 0 Å². The van der Waals surface area contributed by atoms with Gasteiger partial charge in [-0.25, -0.2) is 0 Å². The first-order valence-electron chi connectivity index (χ1n) is 10.9. The Morgan fingerprint density at radius 2 is 1.84 bits per heavy atom. The summed E-state index contributed by atoms with van der Waals surface area (Å²) in [5, 5.41) is 3.34. The van der Waals surface area contributed by atoms with Gasteiger partial charge in [-0.15, -0.1) is 0 Å². The SMILES string of the molecule is CCCOc1c(Cl)cc(C(=O)Nc2ccc(N3CCN(C)CC3)c(C)c2)cc1OCC. The van der Waals surface area contributed by atoms with E-state index >= 15 is 0 Å². The molecule has 0 aromatic heterocycles. The third-order valence-electron chi connectivity index (χ3n) is 5.32. The predicted octanol–water partition coefficient (Wildman–Crippen LogP) is 4.84. The molecule has 2 aromatic carbocycles. The average Bonchev–Trinajstić information content (AvgIpc) is 2.74. The molecule has 1 N–H and O–H groups in total. The van der Waals surface area contributed by atoms with E-state index in [9.17, 15) is 4.79 Å². The summed E-state index contributed by atoms with van der Waals surface area (Å²) in [5.41, 5.74) is 3.53. The second-order valence-electron chi connectivity index (χ2n) is 7.81. The Labute approximate surface area is 190 Å². The minimum absolute atomic E-state index is 0.239. The zero-order valence-corrected chi connectivity index (χ0v) is 19.6. The van der Waals surface area contributed by atoms with Crippen molar-refractivity contribution < 1.29 is 14.3 Å². The highest BCUT2D eigenvalue weighted by atomic mass is 35.5. The molecule has 7 heteroatoms. The highest BCUT2D eigenvalue weighted by Crippen LogP contribution is 2.37. The van der Waals surface area contributed by atoms with Crippen LogP contribution in [0.1, 0.15) is 36.2 Å². The Kier molecular flexibility index (Phi) is 8.04. The van der Waals surface area contributed by atoms with Crippen LogP contribution in [0.15, 0.2) is 30.3 Å². The van der Waals surface area contributed by atoms with E-state index in [1.807, 2.05) is 26.0 Å². The third kappa shape index (κ3) is 5.83. The molecule has 0 radical (unpaired) electrons. The van der Waals surface area contributed by atoms with E-state index in [1.54, 1.807) is 12.1 Å². The number of halogens is 1. The van der Waals surface area contributed by atoms with Gasteiger partial charge in [0, 0.05) is 43.1 Å². The molecule has 1 heterocycles. The number of piperazine rings is 1. The summed E-state index contributed by atoms with van der Waals surface area (Å²) in [6.45, 7) is 11.1. The van der Waals surface area contributed by atoms with Gasteiger partial charge in [0.15, 0.2) is 11.5 Å². The van der Waals surface area contributed by atoms with Gasteiger partial charge in [0.1, 0.15) is 0 Å². The second-order valence-corrected chi connectivity index (χ2v) is 8.22. The van der Waals surface area contributed by atoms with E-state index in [4.69, 9.17) is 21.1 Å². The summed E-state index contributed by atoms with van der Waals surface area (Å²) in [6, 6.07) is 9.34. The van der Waals surface area contributed by atoms with Crippen LogP contribution in [0.5, 0.6) is 11.5 Å². The molecule has 3 rings (SSSR count). The van der Waals surface area contributed by atoms with Crippen LogP contribution in [0.25, 0.3) is 0 Å². The fourth-order valence-corrected chi connectivity index (χ4v) is 3.91. The highest BCUT2D eigenvalue weighted by Gasteiger charge is 2.18. The molecule has 2 aromatic rings. The van der Waals surface area contributed by atoms with Crippen LogP contribution >= 0.6 is 11.6 Å². The molecule has 1 fully saturated rings. The van der Waals surface area contributed by atoms with Crippen LogP contribution < -0.4 is 19.7 Å². The number of carbonyl (C=O) groups is 1. The van der Waals surface area contributed by atoms with Crippen molar-refractivity contribution in [2.75, 3.05) is 56.7 Å². The molecule has 1 aliphatic heterocycles. The maximum absolute atomic E-state index is 12.9. The van der Waals surface area contributed by atoms with Gasteiger partial charge in [0.2, 0.25) is 0 Å². The monoisotopic (exact) mass is 445 g/mol. The smallest absolute Gasteiger partial charge is 0.255 e. The first-order chi connectivity index (χ1) is 14.9. The van der Waals surface area contributed by atoms with Gasteiger partial charge < -0.3 is 24.6 Å². The summed E-state index contributed by atoms with van der Waals surface area (Å²) in [6.07, 6.45) is 0.855. The van der Waals surface area contributed by atoms with Gasteiger partial charge in [-0.05, 0) is 63.2 Å². The number of benzene rings is 2. The third-order valence-corrected chi connectivity index (χ3v) is 5.60. The number of rotatable bonds is 8. The number of hydrogen-bond acceptors (Lipinski definition) is 5. The van der Waals surface area contributed by atoms with E-state index in [1.165, 1.54) is 5.69 Å². The second kappa shape index (κ2) is 10.7. The topological polar surface area (TPSA) is 54.0 Å². The van der Waals surface area contributed by atoms with Crippen molar-refractivity contribution in [3.05, 3.63) is 46.5 Å². The normalized spacial score (nSPS) is 14.4. The van der Waals surface area contributed by atoms with Crippen LogP contribution in [0.3, 0.4) is 0 Å². The van der Waals surface area contributed by atoms with Gasteiger partial charge in [0.05, 0.1) is 18.2 Å². The summed E-state index contributed by atoms with van der Waals surface area (Å²) in [5.74, 6) is 0.723. The quantitative estimate of drug-likeness (QED) is 0.630. The Bertz CT molecular complexity index is 911. The lowest BCUT2D eigenvalue weighted by atomic mass is 10.1. The number of nitrogens with zero attached hydrogens (tertiary/aromatic N) is 2. The van der Waals surface area contributed by atoms with Crippen molar-refractivity contribution in [3.8, 4) is 11.5 Å². The summed E-state index contributed by atoms with van der Waals surface area (Å²) in [7, 11) is 2.15. The maximum atomic E-state index is 12.9. The number of ether oxygens (including phenoxy) is 2. The molecular weight excluding hydrogens is 414 g/mol. The van der Waals surface area contributed by atoms with Crippen molar-refractivity contribution in [2.45, 2.75) is 27.2 Å². The molecule has 0 saturated carbocycles. The van der Waals surface area contributed by atoms with Gasteiger partial charge in [0.25, 0.3) is 5.91 Å². The summed E-state index contributed by atoms with van der Waals surface area (Å²) >= 11 is 6.40. The minimum atomic E-state index is -0.239. The minimum Gasteiger partial charge on any atom is -0.490 e. The zero-order valence-electron chi connectivity index (χ0n) is 18.8. The Morgan fingerprint density at radius 1 is 1.10 bits per heavy atom. The standard InChI is InChI=1S/C24H32ClN3O3/c1-5-13-31-23-20(25)15-18(16-22(23)30-6-2)24(29)26-19-7-8-21(17(3)14-19)28-11-9-27(4)10-12-28/h7-8,14-16H,5-6,9-13H2,1-4H3,(H,26,29). The number of carbonyl (C=O) groups excluding carboxylic acids is 1. The fraction of sp³-hybridized carbons (Fsp3) is 0.458. The number of nitrogens with one attached hydrogen (secondary N) is 1. The first kappa shape index (κ1) is 23.2. The molecular formula is C24H32ClN3O3. The summed E-state index contributed by atoms with van der Waals surface area (Å²) < 4.78 is 11.4. The average molecular weight is 446 g/mol. The molecule has 1 aliphatic rings. The highest BCUT2D eigenvalue weighted by molar-refractivity contribution is 6.32. The van der Waals surface area contributed by atoms with Crippen molar-refractivity contribution in [1.82, 2.24) is 4.90 Å². The molecule has 1 amide bonds. The van der Waals surface area contributed by atoms with Crippen LogP contribution in [0.2, 0.25) is 5.02 Å². The molecule has 0 spiro atoms. The number of aryl methyl sites for hydroxylation is 1. The number of hydrogen-bond donors (Lipinski definition) is 1. The van der Waals surface area contributed by atoms with Crippen molar-refractivity contribution in [1.29, 1.82) is 0 Å². The van der Waals surface area contributed by atoms with Crippen molar-refractivity contribution >= 4 is 28.9 Å². The van der Waals surface area contributed by atoms with Gasteiger partial charge in [-0.1, -0.05) is 18.5 Å². The molecule has 31 heavy (non-hydrogen) atoms. The van der Waals surface area contributed by atoms with E-state index in [2.05, 4.69) is 35.2 Å². The maximum Gasteiger partial charge on any atom is 0.255 e. The van der Waals surface area contributed by atoms with Gasteiger partial charge >= 0.3 is 0 Å². The van der Waals surface area contributed by atoms with E-state index in [-0.39, 0.29) is 5.91 Å². The van der Waals surface area contributed by atoms with E-state index < -0.39 is 0 Å². The Balaban J connectivity index is 1.75. The molecule has 1 saturated heterocycles. The molecule has 0 unspecified atom stereocenters. The Morgan fingerprint density at radius 3 is 2.48 bits per heavy atom. The molecule has 6 nitrogen and oxygen atoms in total. The lowest BCUT2D eigenvalue weighted by molar-refractivity contribution is 0.102. The Hall–Kier alpha value is -2.44. The first-order valence-corrected chi connectivity index (χ1v) is 11.2. The van der Waals surface area contributed by atoms with Gasteiger partial charge in [-0.2, -0.15) is 0 Å². The van der Waals surface area contributed by atoms with E-state index in [0.717, 1.165) is 43.9 Å². The van der Waals surface area contributed by atoms with Gasteiger partial charge in [-0.3, -0.25) is 4.79 Å². The zero-order chi connectivity index (χ0) is 22.4. The molecule has 0 aliphatic carbocycles. The fourth-order valence-electron chi connectivity index (χ4n) is 3.64. The van der Waals surface area contributed by atoms with Crippen molar-refractivity contribution in [2.24, 2.45) is 0 Å². The predicted molar refractivity (Wildman–Crippen MR) is 127 cm³/mol. The number of anilines is 2. The van der Waals surface area contributed by atoms with Crippen LogP contribution in [-0.2, 0) is 0 Å². The lowest BCUT2D eigenvalue weighted by Crippen LogP contribution is -2.44. The lowest BCUT2D eigenvalue weighted by Gasteiger charge is -2.35.